The number of methoxy groups -OCH3 is 3. The van der Waals surface area contributed by atoms with Gasteiger partial charge in [0.15, 0.2) is 5.96 Å². The number of nitrogens with zero attached hydrogens (tertiary/aromatic N) is 1. The van der Waals surface area contributed by atoms with E-state index in [4.69, 9.17) is 25.8 Å². The van der Waals surface area contributed by atoms with Crippen molar-refractivity contribution >= 4 is 17.6 Å². The molecule has 2 aromatic rings. The quantitative estimate of drug-likeness (QED) is 0.534. The first-order chi connectivity index (χ1) is 13.1. The van der Waals surface area contributed by atoms with Crippen LogP contribution in [0.2, 0.25) is 5.02 Å². The Labute approximate surface area is 165 Å². The van der Waals surface area contributed by atoms with E-state index in [2.05, 4.69) is 15.6 Å². The van der Waals surface area contributed by atoms with Crippen molar-refractivity contribution in [3.05, 3.63) is 52.5 Å². The van der Waals surface area contributed by atoms with Gasteiger partial charge < -0.3 is 24.8 Å². The minimum absolute atomic E-state index is 0.579. The van der Waals surface area contributed by atoms with E-state index in [1.807, 2.05) is 36.4 Å². The first-order valence-electron chi connectivity index (χ1n) is 8.59. The molecule has 2 N–H and O–H groups in total. The van der Waals surface area contributed by atoms with E-state index >= 15 is 0 Å². The van der Waals surface area contributed by atoms with Gasteiger partial charge in [0.2, 0.25) is 0 Å². The van der Waals surface area contributed by atoms with Gasteiger partial charge in [-0.1, -0.05) is 17.7 Å². The van der Waals surface area contributed by atoms with Gasteiger partial charge in [-0.05, 0) is 36.2 Å². The molecule has 0 aliphatic rings. The molecular formula is C20H26ClN3O3. The number of hydrogen-bond acceptors (Lipinski definition) is 4. The lowest BCUT2D eigenvalue weighted by atomic mass is 10.1. The highest BCUT2D eigenvalue weighted by molar-refractivity contribution is 6.31. The van der Waals surface area contributed by atoms with E-state index in [1.54, 1.807) is 28.4 Å². The summed E-state index contributed by atoms with van der Waals surface area (Å²) >= 11 is 6.28. The van der Waals surface area contributed by atoms with Gasteiger partial charge in [0.25, 0.3) is 0 Å². The summed E-state index contributed by atoms with van der Waals surface area (Å²) in [7, 11) is 6.64. The maximum Gasteiger partial charge on any atom is 0.191 e. The molecule has 0 radical (unpaired) electrons. The Bertz CT molecular complexity index is 781. The van der Waals surface area contributed by atoms with Crippen molar-refractivity contribution in [3.8, 4) is 17.2 Å². The van der Waals surface area contributed by atoms with Crippen LogP contribution in [-0.4, -0.2) is 40.9 Å². The summed E-state index contributed by atoms with van der Waals surface area (Å²) < 4.78 is 15.8. The van der Waals surface area contributed by atoms with Gasteiger partial charge >= 0.3 is 0 Å². The van der Waals surface area contributed by atoms with Gasteiger partial charge in [-0.3, -0.25) is 4.99 Å². The smallest absolute Gasteiger partial charge is 0.191 e. The van der Waals surface area contributed by atoms with Crippen molar-refractivity contribution in [2.75, 3.05) is 34.9 Å². The van der Waals surface area contributed by atoms with Crippen LogP contribution in [0.25, 0.3) is 0 Å². The number of ether oxygens (including phenoxy) is 3. The van der Waals surface area contributed by atoms with Crippen LogP contribution >= 0.6 is 11.6 Å². The van der Waals surface area contributed by atoms with Gasteiger partial charge in [0.05, 0.1) is 21.3 Å². The molecule has 0 atom stereocenters. The number of halogens is 1. The number of hydrogen-bond donors (Lipinski definition) is 2. The van der Waals surface area contributed by atoms with Gasteiger partial charge in [-0.15, -0.1) is 0 Å². The predicted molar refractivity (Wildman–Crippen MR) is 109 cm³/mol. The van der Waals surface area contributed by atoms with Crippen LogP contribution in [0.15, 0.2) is 41.4 Å². The van der Waals surface area contributed by atoms with Gasteiger partial charge in [0, 0.05) is 36.8 Å². The molecule has 0 aromatic heterocycles. The monoisotopic (exact) mass is 391 g/mol. The number of benzene rings is 2. The van der Waals surface area contributed by atoms with E-state index in [-0.39, 0.29) is 0 Å². The summed E-state index contributed by atoms with van der Waals surface area (Å²) in [4.78, 5) is 4.25. The molecule has 146 valence electrons. The Kier molecular flexibility index (Phi) is 8.07. The average Bonchev–Trinajstić information content (AvgIpc) is 2.71. The zero-order chi connectivity index (χ0) is 19.6. The van der Waals surface area contributed by atoms with E-state index < -0.39 is 0 Å². The normalized spacial score (nSPS) is 11.1. The van der Waals surface area contributed by atoms with Gasteiger partial charge in [-0.25, -0.2) is 0 Å². The Morgan fingerprint density at radius 1 is 0.926 bits per heavy atom. The maximum absolute atomic E-state index is 6.28. The predicted octanol–water partition coefficient (Wildman–Crippen LogP) is 3.27. The molecule has 0 fully saturated rings. The topological polar surface area (TPSA) is 64.1 Å². The lowest BCUT2D eigenvalue weighted by Crippen LogP contribution is -2.37. The van der Waals surface area contributed by atoms with Crippen molar-refractivity contribution in [1.29, 1.82) is 0 Å². The fraction of sp³-hybridized carbons (Fsp3) is 0.350. The largest absolute Gasteiger partial charge is 0.497 e. The molecule has 0 saturated heterocycles. The highest BCUT2D eigenvalue weighted by Crippen LogP contribution is 2.24. The van der Waals surface area contributed by atoms with Crippen LogP contribution in [0.1, 0.15) is 11.1 Å². The zero-order valence-corrected chi connectivity index (χ0v) is 16.9. The third-order valence-electron chi connectivity index (χ3n) is 4.11. The van der Waals surface area contributed by atoms with Crippen molar-refractivity contribution < 1.29 is 14.2 Å². The molecule has 2 rings (SSSR count). The third-order valence-corrected chi connectivity index (χ3v) is 4.46. The van der Waals surface area contributed by atoms with Crippen LogP contribution in [0.5, 0.6) is 17.2 Å². The van der Waals surface area contributed by atoms with Crippen LogP contribution in [0, 0.1) is 0 Å². The summed E-state index contributed by atoms with van der Waals surface area (Å²) in [5.74, 6) is 2.98. The molecule has 0 heterocycles. The number of rotatable bonds is 8. The van der Waals surface area contributed by atoms with E-state index in [1.165, 1.54) is 0 Å². The summed E-state index contributed by atoms with van der Waals surface area (Å²) in [5.41, 5.74) is 2.07. The summed E-state index contributed by atoms with van der Waals surface area (Å²) in [6.07, 6.45) is 0.773. The highest BCUT2D eigenvalue weighted by atomic mass is 35.5. The molecule has 2 aromatic carbocycles. The van der Waals surface area contributed by atoms with Crippen molar-refractivity contribution in [1.82, 2.24) is 10.6 Å². The fourth-order valence-corrected chi connectivity index (χ4v) is 2.84. The second-order valence-electron chi connectivity index (χ2n) is 5.74. The maximum atomic E-state index is 6.28. The molecule has 0 bridgehead atoms. The molecule has 6 nitrogen and oxygen atoms in total. The summed E-state index contributed by atoms with van der Waals surface area (Å²) in [6.45, 7) is 1.28. The third kappa shape index (κ3) is 5.96. The minimum atomic E-state index is 0.579. The van der Waals surface area contributed by atoms with E-state index in [0.29, 0.717) is 24.1 Å². The van der Waals surface area contributed by atoms with Crippen LogP contribution < -0.4 is 24.8 Å². The van der Waals surface area contributed by atoms with Crippen molar-refractivity contribution in [3.63, 3.8) is 0 Å². The summed E-state index contributed by atoms with van der Waals surface area (Å²) in [5, 5.41) is 7.27. The molecule has 0 aliphatic carbocycles. The van der Waals surface area contributed by atoms with E-state index in [0.717, 1.165) is 34.8 Å². The fourth-order valence-electron chi connectivity index (χ4n) is 2.57. The summed E-state index contributed by atoms with van der Waals surface area (Å²) in [6, 6.07) is 11.4. The Balaban J connectivity index is 1.88. The lowest BCUT2D eigenvalue weighted by molar-refractivity contribution is 0.390. The lowest BCUT2D eigenvalue weighted by Gasteiger charge is -2.15. The van der Waals surface area contributed by atoms with Crippen molar-refractivity contribution in [2.45, 2.75) is 13.0 Å². The van der Waals surface area contributed by atoms with Crippen molar-refractivity contribution in [2.24, 2.45) is 4.99 Å². The molecule has 7 heteroatoms. The van der Waals surface area contributed by atoms with Crippen LogP contribution in [0.4, 0.5) is 0 Å². The van der Waals surface area contributed by atoms with Gasteiger partial charge in [0.1, 0.15) is 17.2 Å². The molecule has 0 unspecified atom stereocenters. The molecule has 27 heavy (non-hydrogen) atoms. The van der Waals surface area contributed by atoms with Crippen LogP contribution in [0.3, 0.4) is 0 Å². The zero-order valence-electron chi connectivity index (χ0n) is 16.1. The van der Waals surface area contributed by atoms with E-state index in [9.17, 15) is 0 Å². The number of nitrogens with one attached hydrogen (secondary N) is 2. The average molecular weight is 392 g/mol. The Morgan fingerprint density at radius 2 is 1.59 bits per heavy atom. The molecular weight excluding hydrogens is 366 g/mol. The second kappa shape index (κ2) is 10.5. The number of aliphatic imine (C=N–C) groups is 1. The SMILES string of the molecule is CN=C(NCCc1ccc(OC)cc1Cl)NCc1ccc(OC)cc1OC. The number of guanidine groups is 1. The molecule has 0 spiro atoms. The Morgan fingerprint density at radius 3 is 2.19 bits per heavy atom. The second-order valence-corrected chi connectivity index (χ2v) is 6.14. The van der Waals surface area contributed by atoms with Crippen LogP contribution in [-0.2, 0) is 13.0 Å². The Hall–Kier alpha value is -2.60. The highest BCUT2D eigenvalue weighted by Gasteiger charge is 2.07. The molecule has 0 amide bonds. The molecule has 0 aliphatic heterocycles. The molecule has 0 saturated carbocycles. The standard InChI is InChI=1S/C20H26ClN3O3/c1-22-20(23-10-9-14-5-7-16(25-2)11-18(14)21)24-13-15-6-8-17(26-3)12-19(15)27-4/h5-8,11-12H,9-10,13H2,1-4H3,(H2,22,23,24). The first-order valence-corrected chi connectivity index (χ1v) is 8.97. The first kappa shape index (κ1) is 20.7. The van der Waals surface area contributed by atoms with Gasteiger partial charge in [-0.2, -0.15) is 0 Å². The minimum Gasteiger partial charge on any atom is -0.497 e.